The molecule has 2 amide bonds. The summed E-state index contributed by atoms with van der Waals surface area (Å²) in [6, 6.07) is 18.8. The molecule has 3 rings (SSSR count). The van der Waals surface area contributed by atoms with Crippen molar-refractivity contribution in [3.05, 3.63) is 78.3 Å². The molecule has 0 unspecified atom stereocenters. The Kier molecular flexibility index (Phi) is 6.57. The third kappa shape index (κ3) is 5.07. The number of anilines is 1. The molecule has 1 N–H and O–H groups in total. The van der Waals surface area contributed by atoms with E-state index >= 15 is 0 Å². The van der Waals surface area contributed by atoms with Crippen LogP contribution in [0.25, 0.3) is 0 Å². The molecule has 0 aliphatic rings. The highest BCUT2D eigenvalue weighted by molar-refractivity contribution is 5.91. The number of nitrogens with one attached hydrogen (secondary N) is 1. The number of carbonyl (C=O) groups excluding carboxylic acids is 1. The van der Waals surface area contributed by atoms with Gasteiger partial charge in [0.1, 0.15) is 17.3 Å². The molecule has 1 heterocycles. The van der Waals surface area contributed by atoms with Gasteiger partial charge in [-0.15, -0.1) is 0 Å². The Morgan fingerprint density at radius 1 is 1.04 bits per heavy atom. The second-order valence-corrected chi connectivity index (χ2v) is 6.23. The lowest BCUT2D eigenvalue weighted by Gasteiger charge is -2.23. The summed E-state index contributed by atoms with van der Waals surface area (Å²) in [5, 5.41) is 2.93. The number of amides is 2. The number of rotatable bonds is 8. The minimum atomic E-state index is -0.226. The molecule has 3 aromatic rings. The van der Waals surface area contributed by atoms with E-state index in [1.165, 1.54) is 5.56 Å². The minimum absolute atomic E-state index is 0.226. The number of benzene rings is 2. The topological polar surface area (TPSA) is 63.9 Å². The summed E-state index contributed by atoms with van der Waals surface area (Å²) in [6.07, 6.45) is 2.35. The van der Waals surface area contributed by atoms with Crippen LogP contribution >= 0.6 is 0 Å². The van der Waals surface area contributed by atoms with Crippen molar-refractivity contribution in [2.24, 2.45) is 0 Å². The molecule has 0 saturated heterocycles. The number of carbonyl (C=O) groups is 1. The van der Waals surface area contributed by atoms with Gasteiger partial charge in [0, 0.05) is 12.6 Å². The van der Waals surface area contributed by atoms with E-state index in [-0.39, 0.29) is 6.03 Å². The van der Waals surface area contributed by atoms with Crippen LogP contribution in [0, 0.1) is 0 Å². The summed E-state index contributed by atoms with van der Waals surface area (Å²) in [4.78, 5) is 14.7. The minimum Gasteiger partial charge on any atom is -0.497 e. The summed E-state index contributed by atoms with van der Waals surface area (Å²) < 4.78 is 16.0. The maximum absolute atomic E-state index is 13.0. The van der Waals surface area contributed by atoms with Gasteiger partial charge < -0.3 is 24.1 Å². The Bertz CT molecular complexity index is 879. The van der Waals surface area contributed by atoms with Crippen molar-refractivity contribution in [2.75, 3.05) is 26.1 Å². The average molecular weight is 380 g/mol. The summed E-state index contributed by atoms with van der Waals surface area (Å²) in [7, 11) is 3.14. The third-order valence-electron chi connectivity index (χ3n) is 4.38. The smallest absolute Gasteiger partial charge is 0.322 e. The first-order valence-corrected chi connectivity index (χ1v) is 9.04. The Morgan fingerprint density at radius 3 is 2.54 bits per heavy atom. The van der Waals surface area contributed by atoms with Crippen LogP contribution in [0.3, 0.4) is 0 Å². The predicted molar refractivity (Wildman–Crippen MR) is 108 cm³/mol. The number of methoxy groups -OCH3 is 2. The summed E-state index contributed by atoms with van der Waals surface area (Å²) in [6.45, 7) is 0.930. The van der Waals surface area contributed by atoms with Gasteiger partial charge in [0.05, 0.1) is 32.7 Å². The number of urea groups is 1. The standard InChI is InChI=1S/C22H24N2O4/c1-26-18-10-11-20(21(15-18)27-2)23-22(25)24(16-19-9-6-14-28-19)13-12-17-7-4-3-5-8-17/h3-11,14-15H,12-13,16H2,1-2H3,(H,23,25). The Balaban J connectivity index is 1.74. The molecule has 6 heteroatoms. The van der Waals surface area contributed by atoms with Crippen molar-refractivity contribution in [3.8, 4) is 11.5 Å². The zero-order valence-corrected chi connectivity index (χ0v) is 16.1. The maximum atomic E-state index is 13.0. The molecule has 0 fully saturated rings. The highest BCUT2D eigenvalue weighted by Crippen LogP contribution is 2.29. The fraction of sp³-hybridized carbons (Fsp3) is 0.227. The third-order valence-corrected chi connectivity index (χ3v) is 4.38. The highest BCUT2D eigenvalue weighted by atomic mass is 16.5. The zero-order valence-electron chi connectivity index (χ0n) is 16.1. The SMILES string of the molecule is COc1ccc(NC(=O)N(CCc2ccccc2)Cc2ccco2)c(OC)c1. The molecule has 146 valence electrons. The lowest BCUT2D eigenvalue weighted by atomic mass is 10.1. The van der Waals surface area contributed by atoms with Gasteiger partial charge in [0.25, 0.3) is 0 Å². The van der Waals surface area contributed by atoms with E-state index < -0.39 is 0 Å². The monoisotopic (exact) mass is 380 g/mol. The van der Waals surface area contributed by atoms with Gasteiger partial charge in [-0.2, -0.15) is 0 Å². The molecule has 0 aliphatic heterocycles. The van der Waals surface area contributed by atoms with E-state index in [1.807, 2.05) is 30.3 Å². The fourth-order valence-corrected chi connectivity index (χ4v) is 2.85. The van der Waals surface area contributed by atoms with Crippen LogP contribution in [-0.4, -0.2) is 31.7 Å². The molecule has 0 bridgehead atoms. The number of hydrogen-bond donors (Lipinski definition) is 1. The Hall–Kier alpha value is -3.41. The average Bonchev–Trinajstić information content (AvgIpc) is 3.25. The molecule has 0 saturated carbocycles. The van der Waals surface area contributed by atoms with Gasteiger partial charge in [0.15, 0.2) is 0 Å². The fourth-order valence-electron chi connectivity index (χ4n) is 2.85. The first-order chi connectivity index (χ1) is 13.7. The van der Waals surface area contributed by atoms with Crippen LogP contribution in [0.15, 0.2) is 71.3 Å². The van der Waals surface area contributed by atoms with E-state index in [0.29, 0.717) is 30.3 Å². The van der Waals surface area contributed by atoms with Crippen molar-refractivity contribution in [2.45, 2.75) is 13.0 Å². The molecule has 0 aliphatic carbocycles. The van der Waals surface area contributed by atoms with Crippen LogP contribution in [-0.2, 0) is 13.0 Å². The predicted octanol–water partition coefficient (Wildman–Crippen LogP) is 4.57. The lowest BCUT2D eigenvalue weighted by Crippen LogP contribution is -2.36. The van der Waals surface area contributed by atoms with Crippen LogP contribution < -0.4 is 14.8 Å². The molecule has 0 radical (unpaired) electrons. The van der Waals surface area contributed by atoms with Gasteiger partial charge in [-0.1, -0.05) is 30.3 Å². The van der Waals surface area contributed by atoms with Crippen LogP contribution in [0.1, 0.15) is 11.3 Å². The zero-order chi connectivity index (χ0) is 19.8. The highest BCUT2D eigenvalue weighted by Gasteiger charge is 2.17. The lowest BCUT2D eigenvalue weighted by molar-refractivity contribution is 0.204. The number of furan rings is 1. The van der Waals surface area contributed by atoms with E-state index in [2.05, 4.69) is 17.4 Å². The molecule has 0 atom stereocenters. The number of hydrogen-bond acceptors (Lipinski definition) is 4. The molecular formula is C22H24N2O4. The number of nitrogens with zero attached hydrogens (tertiary/aromatic N) is 1. The first-order valence-electron chi connectivity index (χ1n) is 9.04. The summed E-state index contributed by atoms with van der Waals surface area (Å²) >= 11 is 0. The van der Waals surface area contributed by atoms with Gasteiger partial charge in [-0.25, -0.2) is 4.79 Å². The van der Waals surface area contributed by atoms with Crippen LogP contribution in [0.4, 0.5) is 10.5 Å². The maximum Gasteiger partial charge on any atom is 0.322 e. The van der Waals surface area contributed by atoms with Crippen LogP contribution in [0.2, 0.25) is 0 Å². The van der Waals surface area contributed by atoms with Gasteiger partial charge >= 0.3 is 6.03 Å². The van der Waals surface area contributed by atoms with Gasteiger partial charge in [0.2, 0.25) is 0 Å². The molecule has 2 aromatic carbocycles. The van der Waals surface area contributed by atoms with E-state index in [4.69, 9.17) is 13.9 Å². The van der Waals surface area contributed by atoms with Crippen molar-refractivity contribution in [3.63, 3.8) is 0 Å². The molecule has 0 spiro atoms. The summed E-state index contributed by atoms with van der Waals surface area (Å²) in [5.74, 6) is 1.92. The Morgan fingerprint density at radius 2 is 1.86 bits per heavy atom. The molecule has 1 aromatic heterocycles. The van der Waals surface area contributed by atoms with E-state index in [0.717, 1.165) is 12.2 Å². The Labute approximate surface area is 164 Å². The molecular weight excluding hydrogens is 356 g/mol. The van der Waals surface area contributed by atoms with Gasteiger partial charge in [-0.05, 0) is 36.2 Å². The van der Waals surface area contributed by atoms with Crippen molar-refractivity contribution in [1.82, 2.24) is 4.90 Å². The first kappa shape index (κ1) is 19.4. The summed E-state index contributed by atoms with van der Waals surface area (Å²) in [5.41, 5.74) is 1.75. The van der Waals surface area contributed by atoms with Crippen molar-refractivity contribution in [1.29, 1.82) is 0 Å². The van der Waals surface area contributed by atoms with E-state index in [9.17, 15) is 4.79 Å². The van der Waals surface area contributed by atoms with Crippen molar-refractivity contribution >= 4 is 11.7 Å². The molecule has 6 nitrogen and oxygen atoms in total. The normalized spacial score (nSPS) is 10.4. The second kappa shape index (κ2) is 9.50. The molecule has 28 heavy (non-hydrogen) atoms. The van der Waals surface area contributed by atoms with Crippen LogP contribution in [0.5, 0.6) is 11.5 Å². The second-order valence-electron chi connectivity index (χ2n) is 6.23. The van der Waals surface area contributed by atoms with Gasteiger partial charge in [-0.3, -0.25) is 0 Å². The van der Waals surface area contributed by atoms with Crippen molar-refractivity contribution < 1.29 is 18.7 Å². The quantitative estimate of drug-likeness (QED) is 0.622. The number of ether oxygens (including phenoxy) is 2. The van der Waals surface area contributed by atoms with E-state index in [1.54, 1.807) is 43.6 Å². The largest absolute Gasteiger partial charge is 0.497 e.